The van der Waals surface area contributed by atoms with Crippen LogP contribution in [0.25, 0.3) is 10.8 Å². The second-order valence-corrected chi connectivity index (χ2v) is 5.95. The van der Waals surface area contributed by atoms with E-state index in [9.17, 15) is 24.5 Å². The zero-order valence-electron chi connectivity index (χ0n) is 15.2. The van der Waals surface area contributed by atoms with E-state index in [2.05, 4.69) is 16.0 Å². The van der Waals surface area contributed by atoms with Gasteiger partial charge in [-0.05, 0) is 25.1 Å². The largest absolute Gasteiger partial charge is 0.393 e. The Morgan fingerprint density at radius 3 is 2.45 bits per heavy atom. The summed E-state index contributed by atoms with van der Waals surface area (Å²) in [5, 5.41) is 15.6. The Hall–Kier alpha value is -4.28. The van der Waals surface area contributed by atoms with Gasteiger partial charge < -0.3 is 5.73 Å². The van der Waals surface area contributed by atoms with Gasteiger partial charge in [-0.15, -0.1) is 0 Å². The van der Waals surface area contributed by atoms with Gasteiger partial charge in [-0.2, -0.15) is 5.10 Å². The SMILES string of the molecule is CCn1nc(C(=O)NNC(=O)c2ccc(N)c([N+](=O)[O-])c2)c2ccccc2c1=O. The highest BCUT2D eigenvalue weighted by atomic mass is 16.6. The lowest BCUT2D eigenvalue weighted by atomic mass is 10.1. The Labute approximate surface area is 163 Å². The number of nitrogens with zero attached hydrogens (tertiary/aromatic N) is 3. The molecule has 2 amide bonds. The lowest BCUT2D eigenvalue weighted by molar-refractivity contribution is -0.383. The fourth-order valence-corrected chi connectivity index (χ4v) is 2.71. The fourth-order valence-electron chi connectivity index (χ4n) is 2.71. The summed E-state index contributed by atoms with van der Waals surface area (Å²) >= 11 is 0. The van der Waals surface area contributed by atoms with Gasteiger partial charge in [-0.1, -0.05) is 18.2 Å². The average molecular weight is 396 g/mol. The summed E-state index contributed by atoms with van der Waals surface area (Å²) in [6.45, 7) is 1.96. The van der Waals surface area contributed by atoms with Crippen LogP contribution in [-0.2, 0) is 6.54 Å². The second kappa shape index (κ2) is 7.76. The van der Waals surface area contributed by atoms with E-state index in [-0.39, 0.29) is 29.0 Å². The molecule has 0 aliphatic rings. The molecule has 3 rings (SSSR count). The summed E-state index contributed by atoms with van der Waals surface area (Å²) in [4.78, 5) is 47.4. The maximum atomic E-state index is 12.6. The standard InChI is InChI=1S/C18H16N6O5/c1-2-23-18(27)12-6-4-3-5-11(12)15(22-23)17(26)21-20-16(25)10-7-8-13(19)14(9-10)24(28)29/h3-9H,2,19H2,1H3,(H,20,25)(H,21,26). The molecule has 0 atom stereocenters. The molecule has 148 valence electrons. The van der Waals surface area contributed by atoms with Gasteiger partial charge in [0.25, 0.3) is 23.1 Å². The van der Waals surface area contributed by atoms with Crippen LogP contribution in [0.5, 0.6) is 0 Å². The van der Waals surface area contributed by atoms with Crippen molar-refractivity contribution in [3.8, 4) is 0 Å². The van der Waals surface area contributed by atoms with Gasteiger partial charge in [0, 0.05) is 23.6 Å². The maximum Gasteiger partial charge on any atom is 0.292 e. The summed E-state index contributed by atoms with van der Waals surface area (Å²) in [5.41, 5.74) is 8.91. The number of amides is 2. The molecule has 3 aromatic rings. The number of hydrazine groups is 1. The number of fused-ring (bicyclic) bond motifs is 1. The number of aromatic nitrogens is 2. The van der Waals surface area contributed by atoms with E-state index < -0.39 is 22.4 Å². The second-order valence-electron chi connectivity index (χ2n) is 5.95. The van der Waals surface area contributed by atoms with Crippen molar-refractivity contribution in [1.29, 1.82) is 0 Å². The van der Waals surface area contributed by atoms with Gasteiger partial charge >= 0.3 is 0 Å². The van der Waals surface area contributed by atoms with Gasteiger partial charge in [-0.25, -0.2) is 4.68 Å². The number of benzene rings is 2. The number of rotatable bonds is 4. The Morgan fingerprint density at radius 1 is 1.14 bits per heavy atom. The van der Waals surface area contributed by atoms with E-state index in [0.717, 1.165) is 10.7 Å². The van der Waals surface area contributed by atoms with E-state index in [1.807, 2.05) is 0 Å². The highest BCUT2D eigenvalue weighted by Crippen LogP contribution is 2.22. The number of anilines is 1. The van der Waals surface area contributed by atoms with E-state index in [4.69, 9.17) is 5.73 Å². The van der Waals surface area contributed by atoms with Crippen molar-refractivity contribution in [1.82, 2.24) is 20.6 Å². The van der Waals surface area contributed by atoms with Crippen LogP contribution in [0.3, 0.4) is 0 Å². The van der Waals surface area contributed by atoms with Crippen molar-refractivity contribution in [3.05, 3.63) is 74.2 Å². The number of carbonyl (C=O) groups excluding carboxylic acids is 2. The van der Waals surface area contributed by atoms with Crippen molar-refractivity contribution in [3.63, 3.8) is 0 Å². The lowest BCUT2D eigenvalue weighted by Crippen LogP contribution is -2.42. The molecule has 0 fully saturated rings. The molecular weight excluding hydrogens is 380 g/mol. The molecule has 0 bridgehead atoms. The molecule has 11 nitrogen and oxygen atoms in total. The Bertz CT molecular complexity index is 1200. The quantitative estimate of drug-likeness (QED) is 0.336. The Balaban J connectivity index is 1.86. The molecule has 0 radical (unpaired) electrons. The van der Waals surface area contributed by atoms with E-state index in [1.54, 1.807) is 31.2 Å². The number of aryl methyl sites for hydroxylation is 1. The molecule has 2 aromatic carbocycles. The predicted octanol–water partition coefficient (Wildman–Crippen LogP) is 0.982. The number of nitro benzene ring substituents is 1. The van der Waals surface area contributed by atoms with Gasteiger partial charge in [0.15, 0.2) is 5.69 Å². The van der Waals surface area contributed by atoms with Crippen LogP contribution in [0.4, 0.5) is 11.4 Å². The number of carbonyl (C=O) groups is 2. The summed E-state index contributed by atoms with van der Waals surface area (Å²) in [6.07, 6.45) is 0. The summed E-state index contributed by atoms with van der Waals surface area (Å²) < 4.78 is 1.14. The van der Waals surface area contributed by atoms with Crippen LogP contribution in [0.1, 0.15) is 27.8 Å². The summed E-state index contributed by atoms with van der Waals surface area (Å²) in [7, 11) is 0. The molecular formula is C18H16N6O5. The third-order valence-electron chi connectivity index (χ3n) is 4.16. The normalized spacial score (nSPS) is 10.5. The molecule has 0 saturated carbocycles. The maximum absolute atomic E-state index is 12.6. The van der Waals surface area contributed by atoms with E-state index in [1.165, 1.54) is 12.1 Å². The first-order valence-electron chi connectivity index (χ1n) is 8.48. The smallest absolute Gasteiger partial charge is 0.292 e. The number of nitro groups is 1. The highest BCUT2D eigenvalue weighted by Gasteiger charge is 2.19. The van der Waals surface area contributed by atoms with E-state index >= 15 is 0 Å². The first kappa shape index (κ1) is 19.5. The Morgan fingerprint density at radius 2 is 1.79 bits per heavy atom. The molecule has 1 aromatic heterocycles. The molecule has 0 aliphatic heterocycles. The van der Waals surface area contributed by atoms with E-state index in [0.29, 0.717) is 10.8 Å². The number of nitrogens with one attached hydrogen (secondary N) is 2. The van der Waals surface area contributed by atoms with Crippen LogP contribution in [-0.4, -0.2) is 26.5 Å². The molecule has 11 heteroatoms. The van der Waals surface area contributed by atoms with Crippen molar-refractivity contribution >= 4 is 34.0 Å². The molecule has 0 spiro atoms. The van der Waals surface area contributed by atoms with Gasteiger partial charge in [-0.3, -0.25) is 35.3 Å². The number of hydrogen-bond acceptors (Lipinski definition) is 7. The summed E-state index contributed by atoms with van der Waals surface area (Å²) in [5.74, 6) is -1.53. The zero-order valence-corrected chi connectivity index (χ0v) is 15.2. The Kier molecular flexibility index (Phi) is 5.21. The molecule has 0 aliphatic carbocycles. The topological polar surface area (TPSA) is 162 Å². The third-order valence-corrected chi connectivity index (χ3v) is 4.16. The van der Waals surface area contributed by atoms with Crippen LogP contribution in [0.2, 0.25) is 0 Å². The van der Waals surface area contributed by atoms with Gasteiger partial charge in [0.05, 0.1) is 10.3 Å². The van der Waals surface area contributed by atoms with Crippen molar-refractivity contribution < 1.29 is 14.5 Å². The molecule has 4 N–H and O–H groups in total. The van der Waals surface area contributed by atoms with Crippen molar-refractivity contribution in [2.75, 3.05) is 5.73 Å². The lowest BCUT2D eigenvalue weighted by Gasteiger charge is -2.11. The minimum Gasteiger partial charge on any atom is -0.393 e. The third kappa shape index (κ3) is 3.74. The van der Waals surface area contributed by atoms with Crippen LogP contribution in [0, 0.1) is 10.1 Å². The molecule has 29 heavy (non-hydrogen) atoms. The summed E-state index contributed by atoms with van der Waals surface area (Å²) in [6, 6.07) is 9.99. The molecule has 0 unspecified atom stereocenters. The predicted molar refractivity (Wildman–Crippen MR) is 104 cm³/mol. The number of nitrogens with two attached hydrogens (primary N) is 1. The molecule has 1 heterocycles. The van der Waals surface area contributed by atoms with Gasteiger partial charge in [0.2, 0.25) is 0 Å². The van der Waals surface area contributed by atoms with Gasteiger partial charge in [0.1, 0.15) is 5.69 Å². The van der Waals surface area contributed by atoms with Crippen molar-refractivity contribution in [2.45, 2.75) is 13.5 Å². The van der Waals surface area contributed by atoms with Crippen LogP contribution in [0.15, 0.2) is 47.3 Å². The van der Waals surface area contributed by atoms with Crippen molar-refractivity contribution in [2.24, 2.45) is 0 Å². The monoisotopic (exact) mass is 396 g/mol. The minimum absolute atomic E-state index is 0.0503. The average Bonchev–Trinajstić information content (AvgIpc) is 2.72. The molecule has 0 saturated heterocycles. The highest BCUT2D eigenvalue weighted by molar-refractivity contribution is 6.06. The number of nitrogen functional groups attached to an aromatic ring is 1. The first-order valence-corrected chi connectivity index (χ1v) is 8.48. The fraction of sp³-hybridized carbons (Fsp3) is 0.111. The zero-order chi connectivity index (χ0) is 21.1. The first-order chi connectivity index (χ1) is 13.8. The number of hydrogen-bond donors (Lipinski definition) is 3. The minimum atomic E-state index is -0.783. The van der Waals surface area contributed by atoms with Crippen LogP contribution < -0.4 is 22.1 Å². The van der Waals surface area contributed by atoms with Crippen LogP contribution >= 0.6 is 0 Å².